The van der Waals surface area contributed by atoms with E-state index in [1.54, 1.807) is 0 Å². The minimum absolute atomic E-state index is 0.178. The summed E-state index contributed by atoms with van der Waals surface area (Å²) in [7, 11) is 2.84. The van der Waals surface area contributed by atoms with Gasteiger partial charge in [-0.15, -0.1) is 0 Å². The van der Waals surface area contributed by atoms with Crippen molar-refractivity contribution >= 4 is 28.9 Å². The number of hydrogen-bond donors (Lipinski definition) is 0. The molecule has 0 aromatic carbocycles. The van der Waals surface area contributed by atoms with Gasteiger partial charge in [-0.05, 0) is 44.9 Å². The highest BCUT2D eigenvalue weighted by molar-refractivity contribution is 8.13. The molecule has 41 heavy (non-hydrogen) atoms. The third-order valence-electron chi connectivity index (χ3n) is 7.14. The molecule has 1 amide bonds. The fraction of sp³-hybridized carbons (Fsp3) is 0.794. The summed E-state index contributed by atoms with van der Waals surface area (Å²) in [6.07, 6.45) is 31.6. The maximum absolute atomic E-state index is 12.7. The maximum atomic E-state index is 12.7. The average Bonchev–Trinajstić information content (AvgIpc) is 2.98. The zero-order chi connectivity index (χ0) is 30.2. The number of carbonyl (C=O) groups excluding carboxylic acids is 3. The van der Waals surface area contributed by atoms with Crippen LogP contribution < -0.4 is 0 Å². The van der Waals surface area contributed by atoms with Gasteiger partial charge in [-0.1, -0.05) is 120 Å². The van der Waals surface area contributed by atoms with Gasteiger partial charge < -0.3 is 14.4 Å². The van der Waals surface area contributed by atoms with Crippen LogP contribution in [0.1, 0.15) is 142 Å². The van der Waals surface area contributed by atoms with Gasteiger partial charge in [-0.2, -0.15) is 0 Å². The van der Waals surface area contributed by atoms with E-state index in [1.165, 1.54) is 116 Å². The minimum atomic E-state index is -0.178. The Hall–Kier alpha value is -1.76. The predicted octanol–water partition coefficient (Wildman–Crippen LogP) is 9.81. The molecule has 0 saturated heterocycles. The van der Waals surface area contributed by atoms with Gasteiger partial charge in [-0.3, -0.25) is 14.4 Å². The second kappa shape index (κ2) is 31.2. The molecule has 0 aromatic heterocycles. The van der Waals surface area contributed by atoms with Gasteiger partial charge >= 0.3 is 11.9 Å². The number of thioether (sulfide) groups is 1. The first kappa shape index (κ1) is 39.2. The van der Waals surface area contributed by atoms with Gasteiger partial charge in [-0.25, -0.2) is 0 Å². The van der Waals surface area contributed by atoms with Crippen molar-refractivity contribution in [2.45, 2.75) is 142 Å². The van der Waals surface area contributed by atoms with E-state index >= 15 is 0 Å². The van der Waals surface area contributed by atoms with E-state index in [0.717, 1.165) is 50.9 Å². The Morgan fingerprint density at radius 1 is 0.561 bits per heavy atom. The van der Waals surface area contributed by atoms with Crippen molar-refractivity contribution in [3.05, 3.63) is 24.3 Å². The lowest BCUT2D eigenvalue weighted by atomic mass is 10.1. The summed E-state index contributed by atoms with van der Waals surface area (Å²) in [6.45, 7) is 3.94. The molecule has 0 unspecified atom stereocenters. The number of esters is 2. The van der Waals surface area contributed by atoms with Crippen molar-refractivity contribution in [3.8, 4) is 0 Å². The van der Waals surface area contributed by atoms with Crippen molar-refractivity contribution in [1.82, 2.24) is 4.90 Å². The first-order valence-electron chi connectivity index (χ1n) is 16.4. The summed E-state index contributed by atoms with van der Waals surface area (Å²) in [5.41, 5.74) is 0. The molecule has 0 rings (SSSR count). The molecule has 0 aliphatic heterocycles. The number of hydrogen-bond acceptors (Lipinski definition) is 6. The average molecular weight is 596 g/mol. The van der Waals surface area contributed by atoms with Crippen LogP contribution in [0.4, 0.5) is 4.79 Å². The summed E-state index contributed by atoms with van der Waals surface area (Å²) in [5.74, 6) is 0.558. The van der Waals surface area contributed by atoms with E-state index in [-0.39, 0.29) is 17.2 Å². The lowest BCUT2D eigenvalue weighted by molar-refractivity contribution is -0.140. The molecule has 0 saturated carbocycles. The van der Waals surface area contributed by atoms with Crippen LogP contribution in [0.3, 0.4) is 0 Å². The molecule has 7 heteroatoms. The summed E-state index contributed by atoms with van der Waals surface area (Å²) in [4.78, 5) is 36.9. The molecule has 0 radical (unpaired) electrons. The Balaban J connectivity index is 3.81. The summed E-state index contributed by atoms with van der Waals surface area (Å²) < 4.78 is 9.25. The van der Waals surface area contributed by atoms with Crippen LogP contribution in [0.2, 0.25) is 0 Å². The van der Waals surface area contributed by atoms with Crippen molar-refractivity contribution < 1.29 is 23.9 Å². The maximum Gasteiger partial charge on any atom is 0.309 e. The highest BCUT2D eigenvalue weighted by atomic mass is 32.2. The predicted molar refractivity (Wildman–Crippen MR) is 174 cm³/mol. The van der Waals surface area contributed by atoms with Gasteiger partial charge in [0.1, 0.15) is 0 Å². The second-order valence-corrected chi connectivity index (χ2v) is 11.9. The topological polar surface area (TPSA) is 72.9 Å². The molecule has 0 aliphatic carbocycles. The normalized spacial score (nSPS) is 11.4. The van der Waals surface area contributed by atoms with Crippen molar-refractivity contribution in [2.75, 3.05) is 33.1 Å². The quantitative estimate of drug-likeness (QED) is 0.0509. The monoisotopic (exact) mass is 595 g/mol. The van der Waals surface area contributed by atoms with E-state index in [2.05, 4.69) is 33.4 Å². The van der Waals surface area contributed by atoms with Crippen LogP contribution in [-0.4, -0.2) is 55.1 Å². The Morgan fingerprint density at radius 3 is 1.29 bits per heavy atom. The van der Waals surface area contributed by atoms with Crippen LogP contribution in [0.25, 0.3) is 0 Å². The molecular formula is C34H61NO5S. The summed E-state index contributed by atoms with van der Waals surface area (Å²) in [5, 5.41) is 0.271. The van der Waals surface area contributed by atoms with Crippen LogP contribution in [0.15, 0.2) is 24.3 Å². The van der Waals surface area contributed by atoms with Gasteiger partial charge in [0.05, 0.1) is 27.1 Å². The number of amides is 1. The largest absolute Gasteiger partial charge is 0.469 e. The third kappa shape index (κ3) is 28.1. The highest BCUT2D eigenvalue weighted by Gasteiger charge is 2.13. The number of allylic oxidation sites excluding steroid dienone is 2. The molecule has 0 spiro atoms. The van der Waals surface area contributed by atoms with Crippen molar-refractivity contribution in [3.63, 3.8) is 0 Å². The molecule has 0 N–H and O–H groups in total. The molecule has 0 bridgehead atoms. The summed E-state index contributed by atoms with van der Waals surface area (Å²) >= 11 is 1.49. The highest BCUT2D eigenvalue weighted by Crippen LogP contribution is 2.16. The zero-order valence-corrected chi connectivity index (χ0v) is 27.5. The molecule has 0 aromatic rings. The third-order valence-corrected chi connectivity index (χ3v) is 8.26. The van der Waals surface area contributed by atoms with E-state index in [4.69, 9.17) is 0 Å². The Bertz CT molecular complexity index is 647. The first-order chi connectivity index (χ1) is 20.0. The fourth-order valence-electron chi connectivity index (χ4n) is 4.59. The summed E-state index contributed by atoms with van der Waals surface area (Å²) in [6, 6.07) is 0. The molecule has 0 fully saturated rings. The van der Waals surface area contributed by atoms with E-state index < -0.39 is 0 Å². The Morgan fingerprint density at radius 2 is 0.927 bits per heavy atom. The van der Waals surface area contributed by atoms with E-state index in [9.17, 15) is 14.4 Å². The van der Waals surface area contributed by atoms with Gasteiger partial charge in [0.15, 0.2) is 0 Å². The smallest absolute Gasteiger partial charge is 0.309 e. The Kier molecular flexibility index (Phi) is 29.8. The van der Waals surface area contributed by atoms with Crippen LogP contribution in [-0.2, 0) is 19.1 Å². The number of carbonyl (C=O) groups is 3. The number of ether oxygens (including phenoxy) is 2. The van der Waals surface area contributed by atoms with Gasteiger partial charge in [0, 0.05) is 18.8 Å². The van der Waals surface area contributed by atoms with Crippen molar-refractivity contribution in [1.29, 1.82) is 0 Å². The molecule has 0 atom stereocenters. The molecule has 0 aliphatic rings. The van der Waals surface area contributed by atoms with E-state index in [0.29, 0.717) is 12.8 Å². The Labute approximate surface area is 256 Å². The lowest BCUT2D eigenvalue weighted by Gasteiger charge is -2.22. The van der Waals surface area contributed by atoms with Gasteiger partial charge in [0.25, 0.3) is 5.24 Å². The first-order valence-corrected chi connectivity index (χ1v) is 17.4. The van der Waals surface area contributed by atoms with Gasteiger partial charge in [0.2, 0.25) is 0 Å². The number of rotatable bonds is 28. The van der Waals surface area contributed by atoms with E-state index in [1.807, 2.05) is 12.2 Å². The molecule has 6 nitrogen and oxygen atoms in total. The molecule has 0 heterocycles. The standard InChI is InChI=1S/C34H61NO5S/c1-4-31-41-34(38)35(29-25-21-17-13-9-5-7-11-15-19-23-27-32(36)39-2)30-26-22-18-14-10-6-8-12-16-20-24-28-33(37)40-3/h19-20,23-24H,4-18,21-22,25-31H2,1-3H3/b23-19-,24-20-. The van der Waals surface area contributed by atoms with Crippen LogP contribution in [0.5, 0.6) is 0 Å². The van der Waals surface area contributed by atoms with Crippen LogP contribution in [0, 0.1) is 0 Å². The lowest BCUT2D eigenvalue weighted by Crippen LogP contribution is -2.30. The SMILES string of the molecule is CCCSC(=O)N(CCCCCCCCCC/C=C\CC(=O)OC)CCCCCCCCCC/C=C\CC(=O)OC. The zero-order valence-electron chi connectivity index (χ0n) is 26.7. The minimum Gasteiger partial charge on any atom is -0.469 e. The number of methoxy groups -OCH3 is 2. The van der Waals surface area contributed by atoms with Crippen molar-refractivity contribution in [2.24, 2.45) is 0 Å². The molecule has 238 valence electrons. The van der Waals surface area contributed by atoms with Crippen LogP contribution >= 0.6 is 11.8 Å². The number of unbranched alkanes of at least 4 members (excludes halogenated alkanes) is 16. The fourth-order valence-corrected chi connectivity index (χ4v) is 5.33. The second-order valence-electron chi connectivity index (χ2n) is 10.8. The molecular weight excluding hydrogens is 534 g/mol. The number of nitrogens with zero attached hydrogens (tertiary/aromatic N) is 1.